The highest BCUT2D eigenvalue weighted by Gasteiger charge is 2.01. The first-order chi connectivity index (χ1) is 3.56. The second-order valence-electron chi connectivity index (χ2n) is 2.91. The Labute approximate surface area is 52.3 Å². The Balaban J connectivity index is 3.69. The smallest absolute Gasteiger partial charge is 0.0230 e. The van der Waals surface area contributed by atoms with Gasteiger partial charge in [-0.05, 0) is 20.8 Å². The lowest BCUT2D eigenvalue weighted by molar-refractivity contribution is 0.570. The highest BCUT2D eigenvalue weighted by molar-refractivity contribution is 5.06. The van der Waals surface area contributed by atoms with Crippen molar-refractivity contribution >= 4 is 0 Å². The molecule has 0 saturated carbocycles. The zero-order chi connectivity index (χ0) is 6.62. The van der Waals surface area contributed by atoms with E-state index >= 15 is 0 Å². The SMILES string of the molecule is CCC#CC(C)(C)C. The molecule has 8 heavy (non-hydrogen) atoms. The van der Waals surface area contributed by atoms with Gasteiger partial charge >= 0.3 is 0 Å². The Hall–Kier alpha value is -0.440. The molecule has 0 saturated heterocycles. The van der Waals surface area contributed by atoms with E-state index in [2.05, 4.69) is 39.5 Å². The van der Waals surface area contributed by atoms with Crippen LogP contribution in [0.15, 0.2) is 0 Å². The van der Waals surface area contributed by atoms with Crippen molar-refractivity contribution in [1.82, 2.24) is 0 Å². The molecule has 0 bridgehead atoms. The summed E-state index contributed by atoms with van der Waals surface area (Å²) in [6, 6.07) is 0. The van der Waals surface area contributed by atoms with Crippen LogP contribution in [0.3, 0.4) is 0 Å². The maximum atomic E-state index is 3.12. The molecule has 0 radical (unpaired) electrons. The van der Waals surface area contributed by atoms with Gasteiger partial charge in [0.05, 0.1) is 0 Å². The largest absolute Gasteiger partial charge is 0.103 e. The van der Waals surface area contributed by atoms with Gasteiger partial charge in [0.1, 0.15) is 0 Å². The molecule has 0 rings (SSSR count). The van der Waals surface area contributed by atoms with Gasteiger partial charge in [0.2, 0.25) is 0 Å². The topological polar surface area (TPSA) is 0 Å². The second kappa shape index (κ2) is 2.77. The molecular formula is C8H14. The minimum absolute atomic E-state index is 0.190. The molecule has 0 unspecified atom stereocenters. The summed E-state index contributed by atoms with van der Waals surface area (Å²) < 4.78 is 0. The highest BCUT2D eigenvalue weighted by Crippen LogP contribution is 2.09. The third kappa shape index (κ3) is 5.56. The van der Waals surface area contributed by atoms with Crippen molar-refractivity contribution in [2.75, 3.05) is 0 Å². The van der Waals surface area contributed by atoms with Crippen LogP contribution in [-0.4, -0.2) is 0 Å². The molecule has 0 atom stereocenters. The minimum Gasteiger partial charge on any atom is -0.103 e. The van der Waals surface area contributed by atoms with E-state index in [-0.39, 0.29) is 5.41 Å². The van der Waals surface area contributed by atoms with Crippen molar-refractivity contribution in [2.45, 2.75) is 34.1 Å². The summed E-state index contributed by atoms with van der Waals surface area (Å²) in [5.74, 6) is 6.16. The van der Waals surface area contributed by atoms with E-state index in [1.807, 2.05) is 0 Å². The van der Waals surface area contributed by atoms with Crippen molar-refractivity contribution in [3.8, 4) is 11.8 Å². The molecule has 0 amide bonds. The van der Waals surface area contributed by atoms with Gasteiger partial charge in [-0.3, -0.25) is 0 Å². The van der Waals surface area contributed by atoms with E-state index < -0.39 is 0 Å². The van der Waals surface area contributed by atoms with Crippen molar-refractivity contribution in [2.24, 2.45) is 5.41 Å². The zero-order valence-corrected chi connectivity index (χ0v) is 6.21. The Morgan fingerprint density at radius 1 is 1.25 bits per heavy atom. The van der Waals surface area contributed by atoms with Gasteiger partial charge in [-0.15, -0.1) is 5.92 Å². The molecule has 0 aromatic rings. The first kappa shape index (κ1) is 7.56. The summed E-state index contributed by atoms with van der Waals surface area (Å²) >= 11 is 0. The summed E-state index contributed by atoms with van der Waals surface area (Å²) in [5, 5.41) is 0. The van der Waals surface area contributed by atoms with E-state index in [1.54, 1.807) is 0 Å². The van der Waals surface area contributed by atoms with Gasteiger partial charge in [0.25, 0.3) is 0 Å². The van der Waals surface area contributed by atoms with Crippen molar-refractivity contribution in [1.29, 1.82) is 0 Å². The van der Waals surface area contributed by atoms with Crippen LogP contribution in [0.25, 0.3) is 0 Å². The number of rotatable bonds is 0. The molecule has 0 nitrogen and oxygen atoms in total. The van der Waals surface area contributed by atoms with Crippen LogP contribution < -0.4 is 0 Å². The first-order valence-electron chi connectivity index (χ1n) is 3.06. The summed E-state index contributed by atoms with van der Waals surface area (Å²) in [5.41, 5.74) is 0.190. The van der Waals surface area contributed by atoms with E-state index in [0.717, 1.165) is 6.42 Å². The zero-order valence-electron chi connectivity index (χ0n) is 6.21. The summed E-state index contributed by atoms with van der Waals surface area (Å²) in [7, 11) is 0. The van der Waals surface area contributed by atoms with Crippen LogP contribution in [0.5, 0.6) is 0 Å². The predicted molar refractivity (Wildman–Crippen MR) is 37.5 cm³/mol. The van der Waals surface area contributed by atoms with E-state index in [4.69, 9.17) is 0 Å². The van der Waals surface area contributed by atoms with Crippen LogP contribution in [0.2, 0.25) is 0 Å². The Kier molecular flexibility index (Phi) is 2.62. The summed E-state index contributed by atoms with van der Waals surface area (Å²) in [6.07, 6.45) is 0.970. The first-order valence-corrected chi connectivity index (χ1v) is 3.06. The van der Waals surface area contributed by atoms with E-state index in [9.17, 15) is 0 Å². The molecule has 0 aliphatic carbocycles. The monoisotopic (exact) mass is 110 g/mol. The maximum absolute atomic E-state index is 3.12. The molecule has 0 heterocycles. The fraction of sp³-hybridized carbons (Fsp3) is 0.750. The number of hydrogen-bond donors (Lipinski definition) is 0. The Morgan fingerprint density at radius 3 is 1.88 bits per heavy atom. The molecular weight excluding hydrogens is 96.1 g/mol. The third-order valence-corrected chi connectivity index (χ3v) is 0.640. The lowest BCUT2D eigenvalue weighted by atomic mass is 9.98. The molecule has 0 N–H and O–H groups in total. The lowest BCUT2D eigenvalue weighted by Gasteiger charge is -2.06. The normalized spacial score (nSPS) is 10.0. The van der Waals surface area contributed by atoms with Gasteiger partial charge < -0.3 is 0 Å². The van der Waals surface area contributed by atoms with Gasteiger partial charge in [-0.25, -0.2) is 0 Å². The van der Waals surface area contributed by atoms with Gasteiger partial charge in [0, 0.05) is 11.8 Å². The molecule has 0 heteroatoms. The Morgan fingerprint density at radius 2 is 1.75 bits per heavy atom. The second-order valence-corrected chi connectivity index (χ2v) is 2.91. The van der Waals surface area contributed by atoms with Gasteiger partial charge in [-0.2, -0.15) is 0 Å². The summed E-state index contributed by atoms with van der Waals surface area (Å²) in [4.78, 5) is 0. The summed E-state index contributed by atoms with van der Waals surface area (Å²) in [6.45, 7) is 8.43. The van der Waals surface area contributed by atoms with Gasteiger partial charge in [-0.1, -0.05) is 12.8 Å². The van der Waals surface area contributed by atoms with Gasteiger partial charge in [0.15, 0.2) is 0 Å². The molecule has 0 aromatic heterocycles. The molecule has 0 aromatic carbocycles. The van der Waals surface area contributed by atoms with Crippen molar-refractivity contribution in [3.63, 3.8) is 0 Å². The molecule has 0 fully saturated rings. The van der Waals surface area contributed by atoms with Crippen LogP contribution in [-0.2, 0) is 0 Å². The minimum atomic E-state index is 0.190. The van der Waals surface area contributed by atoms with Crippen molar-refractivity contribution in [3.05, 3.63) is 0 Å². The average Bonchev–Trinajstić information content (AvgIpc) is 1.59. The molecule has 46 valence electrons. The standard InChI is InChI=1S/C8H14/c1-5-6-7-8(2,3)4/h5H2,1-4H3. The van der Waals surface area contributed by atoms with Crippen molar-refractivity contribution < 1.29 is 0 Å². The average molecular weight is 110 g/mol. The fourth-order valence-corrected chi connectivity index (χ4v) is 0.354. The predicted octanol–water partition coefficient (Wildman–Crippen LogP) is 2.45. The quantitative estimate of drug-likeness (QED) is 0.420. The van der Waals surface area contributed by atoms with Crippen LogP contribution in [0.1, 0.15) is 34.1 Å². The number of hydrogen-bond acceptors (Lipinski definition) is 0. The molecule has 0 aliphatic rings. The van der Waals surface area contributed by atoms with Crippen LogP contribution >= 0.6 is 0 Å². The fourth-order valence-electron chi connectivity index (χ4n) is 0.354. The lowest BCUT2D eigenvalue weighted by Crippen LogP contribution is -1.98. The molecule has 0 spiro atoms. The molecule has 0 aliphatic heterocycles. The van der Waals surface area contributed by atoms with Crippen LogP contribution in [0.4, 0.5) is 0 Å². The van der Waals surface area contributed by atoms with Crippen LogP contribution in [0, 0.1) is 17.3 Å². The highest BCUT2D eigenvalue weighted by atomic mass is 14.0. The van der Waals surface area contributed by atoms with E-state index in [0.29, 0.717) is 0 Å². The third-order valence-electron chi connectivity index (χ3n) is 0.640. The Bertz CT molecular complexity index is 104. The van der Waals surface area contributed by atoms with E-state index in [1.165, 1.54) is 0 Å². The maximum Gasteiger partial charge on any atom is 0.0230 e.